The van der Waals surface area contributed by atoms with Crippen LogP contribution in [0, 0.1) is 0 Å². The lowest BCUT2D eigenvalue weighted by Gasteiger charge is -2.22. The molecule has 0 aliphatic heterocycles. The van der Waals surface area contributed by atoms with E-state index in [0.717, 1.165) is 4.47 Å². The summed E-state index contributed by atoms with van der Waals surface area (Å²) in [6.45, 7) is 2.05. The zero-order valence-electron chi connectivity index (χ0n) is 11.1. The highest BCUT2D eigenvalue weighted by Crippen LogP contribution is 2.21. The van der Waals surface area contributed by atoms with Gasteiger partial charge < -0.3 is 14.4 Å². The molecular weight excluding hydrogens is 330 g/mol. The Morgan fingerprint density at radius 1 is 1.26 bits per heavy atom. The van der Waals surface area contributed by atoms with Gasteiger partial charge in [-0.3, -0.25) is 4.79 Å². The van der Waals surface area contributed by atoms with Crippen molar-refractivity contribution in [1.82, 2.24) is 4.90 Å². The highest BCUT2D eigenvalue weighted by atomic mass is 79.9. The third-order valence-electron chi connectivity index (χ3n) is 2.61. The summed E-state index contributed by atoms with van der Waals surface area (Å²) >= 11 is 7.70. The number of thiol groups is 1. The summed E-state index contributed by atoms with van der Waals surface area (Å²) in [5, 5.41) is 0. The Labute approximate surface area is 127 Å². The van der Waals surface area contributed by atoms with Crippen molar-refractivity contribution < 1.29 is 14.3 Å². The monoisotopic (exact) mass is 347 g/mol. The van der Waals surface area contributed by atoms with E-state index >= 15 is 0 Å². The lowest BCUT2D eigenvalue weighted by molar-refractivity contribution is 0.0624. The molecule has 0 heterocycles. The van der Waals surface area contributed by atoms with Crippen LogP contribution in [0.1, 0.15) is 10.4 Å². The van der Waals surface area contributed by atoms with E-state index in [0.29, 0.717) is 36.8 Å². The molecule has 0 radical (unpaired) electrons. The van der Waals surface area contributed by atoms with Crippen molar-refractivity contribution in [1.29, 1.82) is 0 Å². The van der Waals surface area contributed by atoms with Gasteiger partial charge in [0.15, 0.2) is 0 Å². The lowest BCUT2D eigenvalue weighted by atomic mass is 10.2. The minimum Gasteiger partial charge on any atom is -0.383 e. The highest BCUT2D eigenvalue weighted by molar-refractivity contribution is 9.10. The van der Waals surface area contributed by atoms with Gasteiger partial charge in [0.1, 0.15) is 0 Å². The van der Waals surface area contributed by atoms with Gasteiger partial charge in [0.25, 0.3) is 5.91 Å². The van der Waals surface area contributed by atoms with Crippen molar-refractivity contribution in [3.8, 4) is 0 Å². The fourth-order valence-corrected chi connectivity index (χ4v) is 2.42. The van der Waals surface area contributed by atoms with Gasteiger partial charge in [0.05, 0.1) is 18.8 Å². The summed E-state index contributed by atoms with van der Waals surface area (Å²) in [7, 11) is 3.23. The van der Waals surface area contributed by atoms with Crippen molar-refractivity contribution in [3.05, 3.63) is 28.2 Å². The van der Waals surface area contributed by atoms with Crippen molar-refractivity contribution in [3.63, 3.8) is 0 Å². The van der Waals surface area contributed by atoms with E-state index in [2.05, 4.69) is 28.6 Å². The molecule has 0 N–H and O–H groups in total. The molecule has 0 spiro atoms. The van der Waals surface area contributed by atoms with Gasteiger partial charge in [-0.15, -0.1) is 12.6 Å². The minimum absolute atomic E-state index is 0.0633. The number of ether oxygens (including phenoxy) is 2. The van der Waals surface area contributed by atoms with Gasteiger partial charge in [0.2, 0.25) is 0 Å². The first-order chi connectivity index (χ1) is 9.10. The number of methoxy groups -OCH3 is 2. The number of hydrogen-bond donors (Lipinski definition) is 1. The number of rotatable bonds is 7. The normalized spacial score (nSPS) is 10.5. The molecule has 4 nitrogen and oxygen atoms in total. The predicted molar refractivity (Wildman–Crippen MR) is 81.0 cm³/mol. The van der Waals surface area contributed by atoms with Crippen LogP contribution >= 0.6 is 28.6 Å². The van der Waals surface area contributed by atoms with Crippen LogP contribution in [0.15, 0.2) is 27.6 Å². The molecule has 0 saturated heterocycles. The van der Waals surface area contributed by atoms with Crippen LogP contribution in [0.25, 0.3) is 0 Å². The molecule has 0 fully saturated rings. The molecule has 6 heteroatoms. The third kappa shape index (κ3) is 5.14. The van der Waals surface area contributed by atoms with E-state index < -0.39 is 0 Å². The molecule has 1 amide bonds. The van der Waals surface area contributed by atoms with Gasteiger partial charge in [-0.05, 0) is 18.2 Å². The quantitative estimate of drug-likeness (QED) is 0.770. The molecule has 19 heavy (non-hydrogen) atoms. The van der Waals surface area contributed by atoms with Crippen LogP contribution in [0.4, 0.5) is 0 Å². The van der Waals surface area contributed by atoms with Crippen LogP contribution in [0.2, 0.25) is 0 Å². The van der Waals surface area contributed by atoms with E-state index in [-0.39, 0.29) is 5.91 Å². The average Bonchev–Trinajstić information content (AvgIpc) is 2.38. The van der Waals surface area contributed by atoms with Crippen molar-refractivity contribution in [2.75, 3.05) is 40.5 Å². The molecule has 106 valence electrons. The van der Waals surface area contributed by atoms with Crippen molar-refractivity contribution in [2.45, 2.75) is 4.90 Å². The second kappa shape index (κ2) is 8.58. The Morgan fingerprint density at radius 2 is 1.84 bits per heavy atom. The smallest absolute Gasteiger partial charge is 0.255 e. The number of nitrogens with zero attached hydrogens (tertiary/aromatic N) is 1. The van der Waals surface area contributed by atoms with Crippen molar-refractivity contribution in [2.24, 2.45) is 0 Å². The Bertz CT molecular complexity index is 420. The highest BCUT2D eigenvalue weighted by Gasteiger charge is 2.17. The van der Waals surface area contributed by atoms with E-state index in [4.69, 9.17) is 9.47 Å². The molecule has 1 rings (SSSR count). The average molecular weight is 348 g/mol. The lowest BCUT2D eigenvalue weighted by Crippen LogP contribution is -2.36. The van der Waals surface area contributed by atoms with E-state index in [1.54, 1.807) is 31.3 Å². The molecule has 0 unspecified atom stereocenters. The summed E-state index contributed by atoms with van der Waals surface area (Å²) in [6, 6.07) is 5.40. The molecule has 0 saturated carbocycles. The maximum absolute atomic E-state index is 12.4. The first kappa shape index (κ1) is 16.5. The standard InChI is InChI=1S/C13H18BrNO3S/c1-17-7-5-15(6-8-18-2)13(16)11-4-3-10(14)9-12(11)19/h3-4,9,19H,5-8H2,1-2H3. The van der Waals surface area contributed by atoms with E-state index in [9.17, 15) is 4.79 Å². The van der Waals surface area contributed by atoms with Gasteiger partial charge in [0, 0.05) is 36.7 Å². The van der Waals surface area contributed by atoms with Gasteiger partial charge in [-0.1, -0.05) is 15.9 Å². The van der Waals surface area contributed by atoms with Crippen LogP contribution in [0.3, 0.4) is 0 Å². The largest absolute Gasteiger partial charge is 0.383 e. The zero-order valence-corrected chi connectivity index (χ0v) is 13.5. The second-order valence-corrected chi connectivity index (χ2v) is 5.34. The maximum Gasteiger partial charge on any atom is 0.255 e. The van der Waals surface area contributed by atoms with E-state index in [1.165, 1.54) is 0 Å². The summed E-state index contributed by atoms with van der Waals surface area (Å²) in [6.07, 6.45) is 0. The fraction of sp³-hybridized carbons (Fsp3) is 0.462. The number of benzene rings is 1. The second-order valence-electron chi connectivity index (χ2n) is 3.94. The number of hydrogen-bond acceptors (Lipinski definition) is 4. The topological polar surface area (TPSA) is 38.8 Å². The minimum atomic E-state index is -0.0633. The van der Waals surface area contributed by atoms with Gasteiger partial charge in [-0.25, -0.2) is 0 Å². The number of carbonyl (C=O) groups excluding carboxylic acids is 1. The summed E-state index contributed by atoms with van der Waals surface area (Å²) in [4.78, 5) is 14.8. The maximum atomic E-state index is 12.4. The van der Waals surface area contributed by atoms with Gasteiger partial charge in [-0.2, -0.15) is 0 Å². The molecule has 0 atom stereocenters. The number of halogens is 1. The molecule has 0 bridgehead atoms. The Hall–Kier alpha value is -0.560. The van der Waals surface area contributed by atoms with Crippen LogP contribution < -0.4 is 0 Å². The molecule has 1 aromatic rings. The molecule has 0 aliphatic rings. The zero-order chi connectivity index (χ0) is 14.3. The van der Waals surface area contributed by atoms with Crippen LogP contribution in [0.5, 0.6) is 0 Å². The summed E-state index contributed by atoms with van der Waals surface area (Å²) < 4.78 is 11.0. The SMILES string of the molecule is COCCN(CCOC)C(=O)c1ccc(Br)cc1S. The first-order valence-electron chi connectivity index (χ1n) is 5.85. The molecule has 1 aromatic carbocycles. The van der Waals surface area contributed by atoms with E-state index in [1.807, 2.05) is 6.07 Å². The Balaban J connectivity index is 2.84. The van der Waals surface area contributed by atoms with Gasteiger partial charge >= 0.3 is 0 Å². The third-order valence-corrected chi connectivity index (χ3v) is 3.47. The predicted octanol–water partition coefficient (Wildman–Crippen LogP) is 2.47. The summed E-state index contributed by atoms with van der Waals surface area (Å²) in [5.74, 6) is -0.0633. The van der Waals surface area contributed by atoms with Crippen LogP contribution in [-0.2, 0) is 9.47 Å². The molecule has 0 aliphatic carbocycles. The van der Waals surface area contributed by atoms with Crippen LogP contribution in [-0.4, -0.2) is 51.3 Å². The first-order valence-corrected chi connectivity index (χ1v) is 7.09. The van der Waals surface area contributed by atoms with Crippen molar-refractivity contribution >= 4 is 34.5 Å². The Kier molecular flexibility index (Phi) is 7.45. The fourth-order valence-electron chi connectivity index (χ4n) is 1.57. The molecular formula is C13H18BrNO3S. The molecule has 0 aromatic heterocycles. The number of carbonyl (C=O) groups is 1. The Morgan fingerprint density at radius 3 is 2.32 bits per heavy atom. The number of amides is 1. The summed E-state index contributed by atoms with van der Waals surface area (Å²) in [5.41, 5.74) is 0.582.